The standard InChI is InChI=1S/C20H23NO7S/c1-20(2,3)15(22)11-27-18-14(10-28-19(24)13-7-5-4-6-8-13)12-29(25,26)17-9-16(23)21(17)18/h4-8,17H,9-12H2,1-3H3/t17-/m0/s1. The molecule has 8 nitrogen and oxygen atoms in total. The molecule has 1 atom stereocenters. The first-order valence-corrected chi connectivity index (χ1v) is 10.9. The topological polar surface area (TPSA) is 107 Å². The van der Waals surface area contributed by atoms with Gasteiger partial charge < -0.3 is 9.47 Å². The van der Waals surface area contributed by atoms with E-state index in [0.717, 1.165) is 4.90 Å². The lowest BCUT2D eigenvalue weighted by Crippen LogP contribution is -2.59. The van der Waals surface area contributed by atoms with Crippen LogP contribution in [0.1, 0.15) is 37.6 Å². The van der Waals surface area contributed by atoms with E-state index in [-0.39, 0.29) is 36.9 Å². The number of amides is 1. The van der Waals surface area contributed by atoms with Gasteiger partial charge in [0.05, 0.1) is 17.7 Å². The second kappa shape index (κ2) is 7.62. The van der Waals surface area contributed by atoms with Gasteiger partial charge in [0.15, 0.2) is 21.0 Å². The molecule has 0 bridgehead atoms. The molecule has 3 rings (SSSR count). The Balaban J connectivity index is 1.84. The lowest BCUT2D eigenvalue weighted by Gasteiger charge is -2.44. The van der Waals surface area contributed by atoms with Crippen LogP contribution in [0.5, 0.6) is 0 Å². The van der Waals surface area contributed by atoms with Crippen molar-refractivity contribution in [1.29, 1.82) is 0 Å². The molecule has 9 heteroatoms. The van der Waals surface area contributed by atoms with Crippen molar-refractivity contribution in [3.8, 4) is 0 Å². The van der Waals surface area contributed by atoms with E-state index in [1.165, 1.54) is 0 Å². The summed E-state index contributed by atoms with van der Waals surface area (Å²) in [5, 5.41) is -0.997. The second-order valence-electron chi connectivity index (χ2n) is 8.04. The van der Waals surface area contributed by atoms with Crippen LogP contribution >= 0.6 is 0 Å². The number of ketones is 1. The van der Waals surface area contributed by atoms with E-state index in [1.807, 2.05) is 0 Å². The van der Waals surface area contributed by atoms with Crippen molar-refractivity contribution in [3.63, 3.8) is 0 Å². The molecule has 0 spiro atoms. The Morgan fingerprint density at radius 1 is 1.17 bits per heavy atom. The highest BCUT2D eigenvalue weighted by atomic mass is 32.2. The Hall–Kier alpha value is -2.68. The number of esters is 1. The SMILES string of the molecule is CC(C)(C)C(=O)COC1=C(COC(=O)c2ccccc2)CS(=O)(=O)[C@H]2CC(=O)N12. The van der Waals surface area contributed by atoms with Gasteiger partial charge in [-0.2, -0.15) is 0 Å². The number of rotatable bonds is 6. The molecule has 156 valence electrons. The first-order valence-electron chi connectivity index (χ1n) is 9.14. The van der Waals surface area contributed by atoms with Crippen molar-refractivity contribution >= 4 is 27.5 Å². The Bertz CT molecular complexity index is 974. The van der Waals surface area contributed by atoms with Crippen molar-refractivity contribution in [3.05, 3.63) is 47.4 Å². The van der Waals surface area contributed by atoms with Crippen LogP contribution in [-0.2, 0) is 28.9 Å². The van der Waals surface area contributed by atoms with Crippen LogP contribution in [0.2, 0.25) is 0 Å². The zero-order valence-electron chi connectivity index (χ0n) is 16.5. The van der Waals surface area contributed by atoms with Crippen LogP contribution in [0.25, 0.3) is 0 Å². The number of carbonyl (C=O) groups excluding carboxylic acids is 3. The third-order valence-corrected chi connectivity index (χ3v) is 6.74. The molecule has 29 heavy (non-hydrogen) atoms. The molecule has 0 unspecified atom stereocenters. The average Bonchev–Trinajstić information content (AvgIpc) is 2.64. The fourth-order valence-electron chi connectivity index (χ4n) is 2.93. The quantitative estimate of drug-likeness (QED) is 0.508. The molecule has 0 radical (unpaired) electrons. The van der Waals surface area contributed by atoms with E-state index in [2.05, 4.69) is 0 Å². The fourth-order valence-corrected chi connectivity index (χ4v) is 4.74. The van der Waals surface area contributed by atoms with Crippen LogP contribution in [0.4, 0.5) is 0 Å². The number of carbonyl (C=O) groups is 3. The summed E-state index contributed by atoms with van der Waals surface area (Å²) in [7, 11) is -3.63. The normalized spacial score (nSPS) is 20.6. The van der Waals surface area contributed by atoms with Crippen molar-refractivity contribution in [2.24, 2.45) is 5.41 Å². The molecule has 1 fully saturated rings. The second-order valence-corrected chi connectivity index (χ2v) is 10.2. The predicted molar refractivity (Wildman–Crippen MR) is 103 cm³/mol. The molecule has 1 aromatic rings. The summed E-state index contributed by atoms with van der Waals surface area (Å²) < 4.78 is 35.8. The summed E-state index contributed by atoms with van der Waals surface area (Å²) in [5.74, 6) is -1.65. The summed E-state index contributed by atoms with van der Waals surface area (Å²) >= 11 is 0. The number of hydrogen-bond acceptors (Lipinski definition) is 7. The molecule has 1 saturated heterocycles. The van der Waals surface area contributed by atoms with Gasteiger partial charge in [0.25, 0.3) is 0 Å². The highest BCUT2D eigenvalue weighted by molar-refractivity contribution is 7.92. The van der Waals surface area contributed by atoms with Crippen molar-refractivity contribution in [2.75, 3.05) is 19.0 Å². The molecule has 2 heterocycles. The first-order chi connectivity index (χ1) is 13.5. The minimum absolute atomic E-state index is 0.000429. The summed E-state index contributed by atoms with van der Waals surface area (Å²) in [4.78, 5) is 37.5. The van der Waals surface area contributed by atoms with E-state index in [4.69, 9.17) is 9.47 Å². The number of hydrogen-bond donors (Lipinski definition) is 0. The lowest BCUT2D eigenvalue weighted by molar-refractivity contribution is -0.145. The molecule has 1 amide bonds. The predicted octanol–water partition coefficient (Wildman–Crippen LogP) is 1.67. The number of β-lactam (4-membered cyclic amide) rings is 1. The van der Waals surface area contributed by atoms with Gasteiger partial charge in [0.2, 0.25) is 11.8 Å². The minimum atomic E-state index is -3.63. The van der Waals surface area contributed by atoms with Crippen molar-refractivity contribution in [2.45, 2.75) is 32.6 Å². The van der Waals surface area contributed by atoms with Gasteiger partial charge in [0.1, 0.15) is 13.2 Å². The van der Waals surface area contributed by atoms with Crippen LogP contribution in [-0.4, -0.2) is 55.3 Å². The van der Waals surface area contributed by atoms with Gasteiger partial charge in [0, 0.05) is 11.0 Å². The fraction of sp³-hybridized carbons (Fsp3) is 0.450. The molecule has 2 aliphatic rings. The minimum Gasteiger partial charge on any atom is -0.471 e. The van der Waals surface area contributed by atoms with Crippen LogP contribution in [0.15, 0.2) is 41.8 Å². The molecule has 2 aliphatic heterocycles. The Morgan fingerprint density at radius 2 is 1.83 bits per heavy atom. The van der Waals surface area contributed by atoms with E-state index >= 15 is 0 Å². The number of nitrogens with zero attached hydrogens (tertiary/aromatic N) is 1. The zero-order valence-corrected chi connectivity index (χ0v) is 17.3. The molecule has 0 saturated carbocycles. The van der Waals surface area contributed by atoms with Gasteiger partial charge in [-0.1, -0.05) is 39.0 Å². The molecule has 0 aromatic heterocycles. The number of sulfone groups is 1. The molecule has 0 N–H and O–H groups in total. The van der Waals surface area contributed by atoms with Gasteiger partial charge in [-0.3, -0.25) is 14.5 Å². The third kappa shape index (κ3) is 4.34. The van der Waals surface area contributed by atoms with Gasteiger partial charge in [-0.05, 0) is 12.1 Å². The summed E-state index contributed by atoms with van der Waals surface area (Å²) in [6, 6.07) is 8.25. The number of fused-ring (bicyclic) bond motifs is 1. The number of benzene rings is 1. The number of ether oxygens (including phenoxy) is 2. The maximum Gasteiger partial charge on any atom is 0.338 e. The molecule has 0 aliphatic carbocycles. The molecular formula is C20H23NO7S. The Morgan fingerprint density at radius 3 is 2.41 bits per heavy atom. The van der Waals surface area contributed by atoms with Crippen molar-refractivity contribution < 1.29 is 32.3 Å². The first kappa shape index (κ1) is 21.0. The van der Waals surface area contributed by atoms with Gasteiger partial charge >= 0.3 is 5.97 Å². The summed E-state index contributed by atoms with van der Waals surface area (Å²) in [6.07, 6.45) is -0.126. The van der Waals surface area contributed by atoms with Crippen molar-refractivity contribution in [1.82, 2.24) is 4.90 Å². The Labute approximate surface area is 169 Å². The highest BCUT2D eigenvalue weighted by Crippen LogP contribution is 2.37. The Kier molecular flexibility index (Phi) is 5.53. The number of Topliss-reactive ketones (excluding diaryl/α,β-unsaturated/α-hetero) is 1. The maximum absolute atomic E-state index is 12.5. The smallest absolute Gasteiger partial charge is 0.338 e. The maximum atomic E-state index is 12.5. The summed E-state index contributed by atoms with van der Waals surface area (Å²) in [5.41, 5.74) is -0.199. The van der Waals surface area contributed by atoms with E-state index in [1.54, 1.807) is 51.1 Å². The molecule has 1 aromatic carbocycles. The van der Waals surface area contributed by atoms with E-state index < -0.39 is 38.3 Å². The van der Waals surface area contributed by atoms with E-state index in [0.29, 0.717) is 5.56 Å². The highest BCUT2D eigenvalue weighted by Gasteiger charge is 2.52. The van der Waals surface area contributed by atoms with Gasteiger partial charge in [-0.15, -0.1) is 0 Å². The van der Waals surface area contributed by atoms with Gasteiger partial charge in [-0.25, -0.2) is 13.2 Å². The van der Waals surface area contributed by atoms with Crippen LogP contribution < -0.4 is 0 Å². The monoisotopic (exact) mass is 421 g/mol. The van der Waals surface area contributed by atoms with Crippen LogP contribution in [0, 0.1) is 5.41 Å². The lowest BCUT2D eigenvalue weighted by atomic mass is 9.91. The summed E-state index contributed by atoms with van der Waals surface area (Å²) in [6.45, 7) is 4.53. The largest absolute Gasteiger partial charge is 0.471 e. The molecular weight excluding hydrogens is 398 g/mol. The third-order valence-electron chi connectivity index (χ3n) is 4.78. The zero-order chi connectivity index (χ0) is 21.4. The van der Waals surface area contributed by atoms with Crippen LogP contribution in [0.3, 0.4) is 0 Å². The average molecular weight is 421 g/mol. The van der Waals surface area contributed by atoms with E-state index in [9.17, 15) is 22.8 Å².